The molecule has 0 atom stereocenters. The molecule has 3 aromatic rings. The molecule has 5 heteroatoms. The van der Waals surface area contributed by atoms with E-state index < -0.39 is 0 Å². The first-order chi connectivity index (χ1) is 12.3. The molecular formula is C20H18N4O. The molecule has 0 saturated heterocycles. The normalized spacial score (nSPS) is 14.0. The van der Waals surface area contributed by atoms with Crippen molar-refractivity contribution in [3.8, 4) is 17.4 Å². The van der Waals surface area contributed by atoms with Crippen LogP contribution in [0.4, 0.5) is 5.82 Å². The fourth-order valence-corrected chi connectivity index (χ4v) is 3.42. The molecule has 2 N–H and O–H groups in total. The molecule has 25 heavy (non-hydrogen) atoms. The van der Waals surface area contributed by atoms with Crippen molar-refractivity contribution in [3.63, 3.8) is 0 Å². The average Bonchev–Trinajstić information content (AvgIpc) is 3.16. The number of hydrogen-bond acceptors (Lipinski definition) is 5. The van der Waals surface area contributed by atoms with E-state index in [1.54, 1.807) is 6.26 Å². The van der Waals surface area contributed by atoms with E-state index in [1.165, 1.54) is 5.56 Å². The Balaban J connectivity index is 1.75. The predicted octanol–water partition coefficient (Wildman–Crippen LogP) is 3.35. The van der Waals surface area contributed by atoms with E-state index in [9.17, 15) is 5.26 Å². The zero-order chi connectivity index (χ0) is 17.2. The monoisotopic (exact) mass is 330 g/mol. The van der Waals surface area contributed by atoms with Crippen LogP contribution in [0.1, 0.15) is 22.4 Å². The molecule has 0 amide bonds. The minimum atomic E-state index is 0.282. The summed E-state index contributed by atoms with van der Waals surface area (Å²) in [6, 6.07) is 16.3. The van der Waals surface area contributed by atoms with Crippen LogP contribution in [-0.2, 0) is 19.5 Å². The molecule has 2 aromatic heterocycles. The van der Waals surface area contributed by atoms with Crippen molar-refractivity contribution in [1.82, 2.24) is 9.88 Å². The van der Waals surface area contributed by atoms with Gasteiger partial charge >= 0.3 is 0 Å². The van der Waals surface area contributed by atoms with Crippen LogP contribution in [0.25, 0.3) is 11.3 Å². The van der Waals surface area contributed by atoms with Gasteiger partial charge in [0, 0.05) is 42.9 Å². The maximum absolute atomic E-state index is 9.58. The van der Waals surface area contributed by atoms with Gasteiger partial charge in [-0.05, 0) is 17.7 Å². The molecule has 1 aromatic carbocycles. The molecule has 5 nitrogen and oxygen atoms in total. The highest BCUT2D eigenvalue weighted by Gasteiger charge is 2.26. The molecule has 1 aliphatic heterocycles. The van der Waals surface area contributed by atoms with Gasteiger partial charge in [-0.25, -0.2) is 4.98 Å². The van der Waals surface area contributed by atoms with Gasteiger partial charge in [-0.2, -0.15) is 5.26 Å². The Bertz CT molecular complexity index is 927. The number of aromatic nitrogens is 1. The molecule has 0 radical (unpaired) electrons. The van der Waals surface area contributed by atoms with Gasteiger partial charge in [0.1, 0.15) is 23.2 Å². The molecule has 0 saturated carbocycles. The van der Waals surface area contributed by atoms with E-state index in [4.69, 9.17) is 10.2 Å². The van der Waals surface area contributed by atoms with Crippen LogP contribution in [0.3, 0.4) is 0 Å². The zero-order valence-electron chi connectivity index (χ0n) is 13.8. The Morgan fingerprint density at radius 3 is 2.76 bits per heavy atom. The molecular weight excluding hydrogens is 312 g/mol. The maximum Gasteiger partial charge on any atom is 0.142 e. The zero-order valence-corrected chi connectivity index (χ0v) is 13.8. The van der Waals surface area contributed by atoms with Crippen molar-refractivity contribution in [2.45, 2.75) is 19.5 Å². The number of benzene rings is 1. The lowest BCUT2D eigenvalue weighted by Crippen LogP contribution is -2.31. The minimum absolute atomic E-state index is 0.282. The number of nitrogen functional groups attached to an aromatic ring is 1. The van der Waals surface area contributed by atoms with E-state index in [2.05, 4.69) is 40.2 Å². The van der Waals surface area contributed by atoms with Crippen LogP contribution in [0.2, 0.25) is 0 Å². The fraction of sp³-hybridized carbons (Fsp3) is 0.200. The first-order valence-electron chi connectivity index (χ1n) is 8.27. The molecule has 0 aliphatic carbocycles. The van der Waals surface area contributed by atoms with E-state index in [-0.39, 0.29) is 5.82 Å². The lowest BCUT2D eigenvalue weighted by molar-refractivity contribution is 0.244. The number of fused-ring (bicyclic) bond motifs is 1. The second kappa shape index (κ2) is 6.42. The van der Waals surface area contributed by atoms with Crippen LogP contribution in [0.15, 0.2) is 53.1 Å². The number of nitrogens with zero attached hydrogens (tertiary/aromatic N) is 3. The highest BCUT2D eigenvalue weighted by Crippen LogP contribution is 2.35. The molecule has 0 fully saturated rings. The van der Waals surface area contributed by atoms with Crippen molar-refractivity contribution < 1.29 is 4.42 Å². The van der Waals surface area contributed by atoms with Crippen LogP contribution in [-0.4, -0.2) is 16.4 Å². The first-order valence-corrected chi connectivity index (χ1v) is 8.27. The van der Waals surface area contributed by atoms with Gasteiger partial charge < -0.3 is 10.2 Å². The summed E-state index contributed by atoms with van der Waals surface area (Å²) in [5, 5.41) is 9.58. The number of pyridine rings is 1. The first kappa shape index (κ1) is 15.4. The molecule has 3 heterocycles. The SMILES string of the molecule is N#Cc1c(N)nc2c(c1-c1ccco1)CN(Cc1ccccc1)CC2. The van der Waals surface area contributed by atoms with Gasteiger partial charge in [0.05, 0.1) is 6.26 Å². The molecule has 0 unspecified atom stereocenters. The summed E-state index contributed by atoms with van der Waals surface area (Å²) >= 11 is 0. The van der Waals surface area contributed by atoms with Crippen LogP contribution in [0, 0.1) is 11.3 Å². The Kier molecular flexibility index (Phi) is 3.96. The quantitative estimate of drug-likeness (QED) is 0.796. The molecule has 4 rings (SSSR count). The van der Waals surface area contributed by atoms with E-state index in [0.717, 1.165) is 42.9 Å². The van der Waals surface area contributed by atoms with Crippen molar-refractivity contribution in [3.05, 3.63) is 71.1 Å². The standard InChI is InChI=1S/C20H18N4O/c21-11-15-19(18-7-4-10-25-18)16-13-24(9-8-17(16)23-20(15)22)12-14-5-2-1-3-6-14/h1-7,10H,8-9,12-13H2,(H2,22,23). The summed E-state index contributed by atoms with van der Waals surface area (Å²) in [6.45, 7) is 2.50. The Morgan fingerprint density at radius 2 is 2.04 bits per heavy atom. The molecule has 124 valence electrons. The van der Waals surface area contributed by atoms with Gasteiger partial charge in [-0.15, -0.1) is 0 Å². The third kappa shape index (κ3) is 2.88. The van der Waals surface area contributed by atoms with E-state index in [1.807, 2.05) is 18.2 Å². The summed E-state index contributed by atoms with van der Waals surface area (Å²) < 4.78 is 5.58. The van der Waals surface area contributed by atoms with Gasteiger partial charge in [-0.1, -0.05) is 30.3 Å². The molecule has 1 aliphatic rings. The summed E-state index contributed by atoms with van der Waals surface area (Å²) in [4.78, 5) is 6.85. The van der Waals surface area contributed by atoms with Crippen molar-refractivity contribution in [2.24, 2.45) is 0 Å². The highest BCUT2D eigenvalue weighted by atomic mass is 16.3. The van der Waals surface area contributed by atoms with Gasteiger partial charge in [0.25, 0.3) is 0 Å². The Morgan fingerprint density at radius 1 is 1.20 bits per heavy atom. The van der Waals surface area contributed by atoms with Gasteiger partial charge in [0.15, 0.2) is 0 Å². The minimum Gasteiger partial charge on any atom is -0.464 e. The van der Waals surface area contributed by atoms with E-state index >= 15 is 0 Å². The lowest BCUT2D eigenvalue weighted by Gasteiger charge is -2.30. The van der Waals surface area contributed by atoms with Gasteiger partial charge in [0.2, 0.25) is 0 Å². The summed E-state index contributed by atoms with van der Waals surface area (Å²) in [5.41, 5.74) is 10.5. The summed E-state index contributed by atoms with van der Waals surface area (Å²) in [5.74, 6) is 0.952. The fourth-order valence-electron chi connectivity index (χ4n) is 3.42. The Hall–Kier alpha value is -3.10. The summed E-state index contributed by atoms with van der Waals surface area (Å²) in [7, 11) is 0. The van der Waals surface area contributed by atoms with Crippen molar-refractivity contribution in [1.29, 1.82) is 5.26 Å². The second-order valence-electron chi connectivity index (χ2n) is 6.21. The highest BCUT2D eigenvalue weighted by molar-refractivity contribution is 5.76. The Labute approximate surface area is 146 Å². The number of nitrogens with two attached hydrogens (primary N) is 1. The third-order valence-electron chi connectivity index (χ3n) is 4.59. The topological polar surface area (TPSA) is 79.1 Å². The average molecular weight is 330 g/mol. The predicted molar refractivity (Wildman–Crippen MR) is 95.3 cm³/mol. The van der Waals surface area contributed by atoms with E-state index in [0.29, 0.717) is 11.3 Å². The smallest absolute Gasteiger partial charge is 0.142 e. The third-order valence-corrected chi connectivity index (χ3v) is 4.59. The van der Waals surface area contributed by atoms with Crippen LogP contribution < -0.4 is 5.73 Å². The van der Waals surface area contributed by atoms with Gasteiger partial charge in [-0.3, -0.25) is 4.90 Å². The number of hydrogen-bond donors (Lipinski definition) is 1. The largest absolute Gasteiger partial charge is 0.464 e. The lowest BCUT2D eigenvalue weighted by atomic mass is 9.94. The van der Waals surface area contributed by atoms with Crippen LogP contribution >= 0.6 is 0 Å². The molecule has 0 bridgehead atoms. The number of furan rings is 1. The van der Waals surface area contributed by atoms with Crippen molar-refractivity contribution >= 4 is 5.82 Å². The second-order valence-corrected chi connectivity index (χ2v) is 6.21. The summed E-state index contributed by atoms with van der Waals surface area (Å²) in [6.07, 6.45) is 2.43. The van der Waals surface area contributed by atoms with Crippen molar-refractivity contribution in [2.75, 3.05) is 12.3 Å². The maximum atomic E-state index is 9.58. The van der Waals surface area contributed by atoms with Crippen LogP contribution in [0.5, 0.6) is 0 Å². The number of anilines is 1. The molecule has 0 spiro atoms. The number of rotatable bonds is 3. The number of nitriles is 1.